The normalized spacial score (nSPS) is 11.6. The van der Waals surface area contributed by atoms with Crippen LogP contribution in [0.3, 0.4) is 0 Å². The number of imidazole rings is 1. The summed E-state index contributed by atoms with van der Waals surface area (Å²) in [6, 6.07) is 3.17. The summed E-state index contributed by atoms with van der Waals surface area (Å²) in [5.41, 5.74) is 0. The molecule has 2 heterocycles. The van der Waals surface area contributed by atoms with E-state index in [9.17, 15) is 8.42 Å². The first-order chi connectivity index (χ1) is 8.04. The van der Waals surface area contributed by atoms with Crippen molar-refractivity contribution in [3.63, 3.8) is 0 Å². The Balaban J connectivity index is 2.69. The lowest BCUT2D eigenvalue weighted by molar-refractivity contribution is 0.600. The lowest BCUT2D eigenvalue weighted by Gasteiger charge is -2.09. The minimum Gasteiger partial charge on any atom is -0.287 e. The standard InChI is InChI=1S/C11H13N3O2S/c1-3-10-12-7-8-14(10)11-9(17(2,15)16)5-4-6-13-11/h4-8H,3H2,1-2H3. The van der Waals surface area contributed by atoms with Crippen LogP contribution in [-0.2, 0) is 16.3 Å². The highest BCUT2D eigenvalue weighted by Gasteiger charge is 2.16. The van der Waals surface area contributed by atoms with E-state index in [-0.39, 0.29) is 4.90 Å². The van der Waals surface area contributed by atoms with E-state index in [1.165, 1.54) is 6.26 Å². The fraction of sp³-hybridized carbons (Fsp3) is 0.273. The molecule has 0 aromatic carbocycles. The molecular formula is C11H13N3O2S. The Labute approximate surface area is 100 Å². The van der Waals surface area contributed by atoms with E-state index in [2.05, 4.69) is 9.97 Å². The molecule has 17 heavy (non-hydrogen) atoms. The van der Waals surface area contributed by atoms with Gasteiger partial charge in [0.1, 0.15) is 10.7 Å². The highest BCUT2D eigenvalue weighted by atomic mass is 32.2. The SMILES string of the molecule is CCc1nccn1-c1ncccc1S(C)(=O)=O. The van der Waals surface area contributed by atoms with Crippen LogP contribution in [0.1, 0.15) is 12.7 Å². The van der Waals surface area contributed by atoms with Crippen LogP contribution in [0.4, 0.5) is 0 Å². The minimum absolute atomic E-state index is 0.215. The van der Waals surface area contributed by atoms with E-state index in [0.29, 0.717) is 12.2 Å². The van der Waals surface area contributed by atoms with E-state index < -0.39 is 9.84 Å². The van der Waals surface area contributed by atoms with Crippen LogP contribution < -0.4 is 0 Å². The maximum atomic E-state index is 11.7. The second kappa shape index (κ2) is 4.29. The number of hydrogen-bond acceptors (Lipinski definition) is 4. The Hall–Kier alpha value is -1.69. The molecule has 0 amide bonds. The van der Waals surface area contributed by atoms with Crippen molar-refractivity contribution < 1.29 is 8.42 Å². The van der Waals surface area contributed by atoms with E-state index in [1.807, 2.05) is 6.92 Å². The number of pyridine rings is 1. The summed E-state index contributed by atoms with van der Waals surface area (Å²) in [6.45, 7) is 1.96. The van der Waals surface area contributed by atoms with Crippen molar-refractivity contribution in [3.8, 4) is 5.82 Å². The van der Waals surface area contributed by atoms with Gasteiger partial charge in [-0.05, 0) is 12.1 Å². The number of rotatable bonds is 3. The fourth-order valence-corrected chi connectivity index (χ4v) is 2.45. The van der Waals surface area contributed by atoms with Gasteiger partial charge in [-0.1, -0.05) is 6.92 Å². The van der Waals surface area contributed by atoms with Crippen LogP contribution in [0.5, 0.6) is 0 Å². The molecule has 0 spiro atoms. The van der Waals surface area contributed by atoms with Crippen molar-refractivity contribution in [2.75, 3.05) is 6.26 Å². The lowest BCUT2D eigenvalue weighted by atomic mass is 10.4. The average molecular weight is 251 g/mol. The van der Waals surface area contributed by atoms with Gasteiger partial charge in [0.25, 0.3) is 0 Å². The zero-order chi connectivity index (χ0) is 12.5. The zero-order valence-electron chi connectivity index (χ0n) is 9.66. The molecule has 0 atom stereocenters. The molecule has 0 radical (unpaired) electrons. The number of nitrogens with zero attached hydrogens (tertiary/aromatic N) is 3. The highest BCUT2D eigenvalue weighted by molar-refractivity contribution is 7.90. The predicted molar refractivity (Wildman–Crippen MR) is 63.8 cm³/mol. The van der Waals surface area contributed by atoms with Crippen LogP contribution in [0.25, 0.3) is 5.82 Å². The van der Waals surface area contributed by atoms with Crippen molar-refractivity contribution in [2.45, 2.75) is 18.2 Å². The van der Waals surface area contributed by atoms with Gasteiger partial charge in [-0.25, -0.2) is 18.4 Å². The summed E-state index contributed by atoms with van der Waals surface area (Å²) in [5, 5.41) is 0. The van der Waals surface area contributed by atoms with Gasteiger partial charge < -0.3 is 0 Å². The predicted octanol–water partition coefficient (Wildman–Crippen LogP) is 1.23. The summed E-state index contributed by atoms with van der Waals surface area (Å²) in [5.74, 6) is 1.19. The molecule has 0 N–H and O–H groups in total. The average Bonchev–Trinajstić information content (AvgIpc) is 2.75. The molecule has 2 rings (SSSR count). The third kappa shape index (κ3) is 2.21. The molecular weight excluding hydrogens is 238 g/mol. The largest absolute Gasteiger partial charge is 0.287 e. The van der Waals surface area contributed by atoms with Gasteiger partial charge in [0, 0.05) is 31.3 Å². The minimum atomic E-state index is -3.30. The van der Waals surface area contributed by atoms with E-state index in [1.54, 1.807) is 35.3 Å². The topological polar surface area (TPSA) is 64.8 Å². The first-order valence-electron chi connectivity index (χ1n) is 5.21. The van der Waals surface area contributed by atoms with Crippen molar-refractivity contribution in [1.82, 2.24) is 14.5 Å². The Morgan fingerprint density at radius 1 is 1.29 bits per heavy atom. The first kappa shape index (κ1) is 11.8. The Kier molecular flexibility index (Phi) is 2.97. The Bertz CT molecular complexity index is 632. The van der Waals surface area contributed by atoms with E-state index in [4.69, 9.17) is 0 Å². The Morgan fingerprint density at radius 2 is 2.06 bits per heavy atom. The molecule has 0 aliphatic rings. The quantitative estimate of drug-likeness (QED) is 0.823. The van der Waals surface area contributed by atoms with Crippen molar-refractivity contribution >= 4 is 9.84 Å². The van der Waals surface area contributed by atoms with Gasteiger partial charge in [0.2, 0.25) is 0 Å². The van der Waals surface area contributed by atoms with E-state index >= 15 is 0 Å². The molecule has 2 aromatic heterocycles. The summed E-state index contributed by atoms with van der Waals surface area (Å²) in [4.78, 5) is 8.52. The van der Waals surface area contributed by atoms with Crippen molar-refractivity contribution in [1.29, 1.82) is 0 Å². The van der Waals surface area contributed by atoms with Crippen molar-refractivity contribution in [2.24, 2.45) is 0 Å². The molecule has 90 valence electrons. The molecule has 0 aliphatic heterocycles. The molecule has 0 fully saturated rings. The third-order valence-electron chi connectivity index (χ3n) is 2.41. The molecule has 0 saturated heterocycles. The second-order valence-corrected chi connectivity index (χ2v) is 5.65. The lowest BCUT2D eigenvalue weighted by Crippen LogP contribution is -2.09. The molecule has 2 aromatic rings. The summed E-state index contributed by atoms with van der Waals surface area (Å²) in [7, 11) is -3.30. The molecule has 5 nitrogen and oxygen atoms in total. The van der Waals surface area contributed by atoms with E-state index in [0.717, 1.165) is 5.82 Å². The number of aryl methyl sites for hydroxylation is 1. The van der Waals surface area contributed by atoms with Gasteiger partial charge in [-0.15, -0.1) is 0 Å². The summed E-state index contributed by atoms with van der Waals surface area (Å²) < 4.78 is 25.1. The first-order valence-corrected chi connectivity index (χ1v) is 7.11. The molecule has 0 bridgehead atoms. The second-order valence-electron chi connectivity index (χ2n) is 3.66. The summed E-state index contributed by atoms with van der Waals surface area (Å²) >= 11 is 0. The summed E-state index contributed by atoms with van der Waals surface area (Å²) in [6.07, 6.45) is 6.82. The van der Waals surface area contributed by atoms with Gasteiger partial charge in [0.05, 0.1) is 0 Å². The van der Waals surface area contributed by atoms with Gasteiger partial charge >= 0.3 is 0 Å². The molecule has 0 unspecified atom stereocenters. The van der Waals surface area contributed by atoms with Crippen LogP contribution >= 0.6 is 0 Å². The van der Waals surface area contributed by atoms with Crippen LogP contribution in [-0.4, -0.2) is 29.2 Å². The Morgan fingerprint density at radius 3 is 2.71 bits per heavy atom. The third-order valence-corrected chi connectivity index (χ3v) is 3.53. The number of aromatic nitrogens is 3. The smallest absolute Gasteiger partial charge is 0.179 e. The molecule has 0 saturated carbocycles. The highest BCUT2D eigenvalue weighted by Crippen LogP contribution is 2.18. The molecule has 0 aliphatic carbocycles. The van der Waals surface area contributed by atoms with Crippen LogP contribution in [0.15, 0.2) is 35.6 Å². The van der Waals surface area contributed by atoms with Crippen LogP contribution in [0.2, 0.25) is 0 Å². The van der Waals surface area contributed by atoms with Gasteiger partial charge in [0.15, 0.2) is 15.7 Å². The van der Waals surface area contributed by atoms with Gasteiger partial charge in [-0.3, -0.25) is 4.57 Å². The van der Waals surface area contributed by atoms with Crippen molar-refractivity contribution in [3.05, 3.63) is 36.5 Å². The number of hydrogen-bond donors (Lipinski definition) is 0. The zero-order valence-corrected chi connectivity index (χ0v) is 10.5. The monoisotopic (exact) mass is 251 g/mol. The van der Waals surface area contributed by atoms with Crippen LogP contribution in [0, 0.1) is 0 Å². The molecule has 6 heteroatoms. The maximum absolute atomic E-state index is 11.7. The number of sulfone groups is 1. The van der Waals surface area contributed by atoms with Gasteiger partial charge in [-0.2, -0.15) is 0 Å². The fourth-order valence-electron chi connectivity index (χ4n) is 1.64. The maximum Gasteiger partial charge on any atom is 0.179 e.